The maximum absolute atomic E-state index is 12.1. The molecule has 0 aliphatic carbocycles. The summed E-state index contributed by atoms with van der Waals surface area (Å²) in [5, 5.41) is 0. The van der Waals surface area contributed by atoms with Crippen LogP contribution in [0.3, 0.4) is 0 Å². The van der Waals surface area contributed by atoms with Crippen LogP contribution in [0.1, 0.15) is 15.9 Å². The van der Waals surface area contributed by atoms with Crippen molar-refractivity contribution in [1.29, 1.82) is 0 Å². The molecule has 0 aliphatic heterocycles. The molecule has 0 saturated heterocycles. The molecule has 1 N–H and O–H groups in total. The number of rotatable bonds is 3. The Balaban J connectivity index is 1.99. The quantitative estimate of drug-likeness (QED) is 0.804. The number of nitrogens with one attached hydrogen (secondary N) is 1. The van der Waals surface area contributed by atoms with Gasteiger partial charge in [-0.2, -0.15) is 0 Å². The Hall–Kier alpha value is -2.82. The van der Waals surface area contributed by atoms with E-state index in [1.807, 2.05) is 42.5 Å². The van der Waals surface area contributed by atoms with Gasteiger partial charge < -0.3 is 9.88 Å². The van der Waals surface area contributed by atoms with E-state index in [0.29, 0.717) is 12.1 Å². The third-order valence-corrected chi connectivity index (χ3v) is 3.60. The first-order chi connectivity index (χ1) is 10.6. The first-order valence-electron chi connectivity index (χ1n) is 7.04. The monoisotopic (exact) mass is 295 g/mol. The normalized spacial score (nSPS) is 10.8. The zero-order valence-electron chi connectivity index (χ0n) is 12.5. The summed E-state index contributed by atoms with van der Waals surface area (Å²) in [6.07, 6.45) is 0. The summed E-state index contributed by atoms with van der Waals surface area (Å²) in [6, 6.07) is 14.9. The molecular weight excluding hydrogens is 278 g/mol. The Morgan fingerprint density at radius 2 is 1.91 bits per heavy atom. The van der Waals surface area contributed by atoms with Crippen molar-refractivity contribution in [2.45, 2.75) is 6.54 Å². The third kappa shape index (κ3) is 2.53. The van der Waals surface area contributed by atoms with Gasteiger partial charge in [0.2, 0.25) is 0 Å². The Kier molecular flexibility index (Phi) is 3.55. The maximum Gasteiger partial charge on any atom is 0.326 e. The van der Waals surface area contributed by atoms with E-state index in [0.717, 1.165) is 16.6 Å². The van der Waals surface area contributed by atoms with E-state index in [4.69, 9.17) is 0 Å². The average molecular weight is 295 g/mol. The molecule has 5 heteroatoms. The van der Waals surface area contributed by atoms with Crippen LogP contribution in [0.2, 0.25) is 0 Å². The fraction of sp³-hybridized carbons (Fsp3) is 0.176. The van der Waals surface area contributed by atoms with Crippen molar-refractivity contribution >= 4 is 16.9 Å². The molecule has 22 heavy (non-hydrogen) atoms. The smallest absolute Gasteiger partial charge is 0.326 e. The van der Waals surface area contributed by atoms with Gasteiger partial charge in [-0.05, 0) is 29.8 Å². The number of aromatic nitrogens is 2. The van der Waals surface area contributed by atoms with Crippen molar-refractivity contribution in [3.63, 3.8) is 0 Å². The minimum absolute atomic E-state index is 0.0480. The zero-order chi connectivity index (χ0) is 15.7. The zero-order valence-corrected chi connectivity index (χ0v) is 12.5. The summed E-state index contributed by atoms with van der Waals surface area (Å²) in [7, 11) is 3.44. The van der Waals surface area contributed by atoms with Gasteiger partial charge >= 0.3 is 5.69 Å². The van der Waals surface area contributed by atoms with Crippen molar-refractivity contribution in [2.24, 2.45) is 0 Å². The molecule has 112 valence electrons. The van der Waals surface area contributed by atoms with E-state index in [1.165, 1.54) is 4.90 Å². The summed E-state index contributed by atoms with van der Waals surface area (Å²) < 4.78 is 1.68. The van der Waals surface area contributed by atoms with Crippen molar-refractivity contribution < 1.29 is 4.79 Å². The average Bonchev–Trinajstić information content (AvgIpc) is 2.83. The van der Waals surface area contributed by atoms with Crippen LogP contribution < -0.4 is 5.69 Å². The molecule has 0 saturated carbocycles. The first-order valence-corrected chi connectivity index (χ1v) is 7.04. The minimum Gasteiger partial charge on any atom is -0.345 e. The van der Waals surface area contributed by atoms with Gasteiger partial charge in [0, 0.05) is 19.7 Å². The van der Waals surface area contributed by atoms with Gasteiger partial charge in [-0.3, -0.25) is 9.36 Å². The Morgan fingerprint density at radius 1 is 1.14 bits per heavy atom. The second-order valence-corrected chi connectivity index (χ2v) is 5.43. The van der Waals surface area contributed by atoms with Crippen molar-refractivity contribution in [2.75, 3.05) is 14.1 Å². The van der Waals surface area contributed by atoms with Crippen LogP contribution in [-0.4, -0.2) is 34.5 Å². The second kappa shape index (κ2) is 5.52. The fourth-order valence-electron chi connectivity index (χ4n) is 2.51. The van der Waals surface area contributed by atoms with Gasteiger partial charge in [0.1, 0.15) is 0 Å². The number of imidazole rings is 1. The van der Waals surface area contributed by atoms with E-state index < -0.39 is 0 Å². The van der Waals surface area contributed by atoms with E-state index in [9.17, 15) is 9.59 Å². The number of hydrogen-bond donors (Lipinski definition) is 1. The van der Waals surface area contributed by atoms with E-state index in [-0.39, 0.29) is 11.6 Å². The Bertz CT molecular complexity index is 890. The summed E-state index contributed by atoms with van der Waals surface area (Å²) in [6.45, 7) is 0.428. The first kappa shape index (κ1) is 14.1. The number of fused-ring (bicyclic) bond motifs is 1. The lowest BCUT2D eigenvalue weighted by molar-refractivity contribution is 0.0827. The highest BCUT2D eigenvalue weighted by atomic mass is 16.2. The van der Waals surface area contributed by atoms with Crippen LogP contribution in [0.25, 0.3) is 11.0 Å². The number of para-hydroxylation sites is 2. The highest BCUT2D eigenvalue weighted by Gasteiger charge is 2.10. The largest absolute Gasteiger partial charge is 0.345 e. The molecule has 5 nitrogen and oxygen atoms in total. The highest BCUT2D eigenvalue weighted by Crippen LogP contribution is 2.13. The van der Waals surface area contributed by atoms with Crippen LogP contribution in [-0.2, 0) is 6.54 Å². The lowest BCUT2D eigenvalue weighted by Gasteiger charge is -2.11. The topological polar surface area (TPSA) is 58.1 Å². The molecule has 0 fully saturated rings. The van der Waals surface area contributed by atoms with E-state index in [2.05, 4.69) is 4.98 Å². The van der Waals surface area contributed by atoms with Gasteiger partial charge in [0.15, 0.2) is 0 Å². The molecular formula is C17H17N3O2. The van der Waals surface area contributed by atoms with Gasteiger partial charge in [-0.1, -0.05) is 24.3 Å². The molecule has 3 aromatic rings. The second-order valence-electron chi connectivity index (χ2n) is 5.43. The number of nitrogens with zero attached hydrogens (tertiary/aromatic N) is 2. The third-order valence-electron chi connectivity index (χ3n) is 3.60. The Labute approximate surface area is 127 Å². The molecule has 1 heterocycles. The molecule has 1 aromatic heterocycles. The van der Waals surface area contributed by atoms with Crippen LogP contribution in [0.5, 0.6) is 0 Å². The van der Waals surface area contributed by atoms with Crippen molar-refractivity contribution in [3.8, 4) is 0 Å². The van der Waals surface area contributed by atoms with Gasteiger partial charge in [-0.25, -0.2) is 4.79 Å². The molecule has 3 rings (SSSR count). The molecule has 0 radical (unpaired) electrons. The van der Waals surface area contributed by atoms with Gasteiger partial charge in [0.25, 0.3) is 5.91 Å². The predicted octanol–water partition coefficient (Wildman–Crippen LogP) is 2.08. The Morgan fingerprint density at radius 3 is 2.68 bits per heavy atom. The SMILES string of the molecule is CN(C)C(=O)c1cccc(Cn2c(=O)[nH]c3ccccc32)c1. The number of hydrogen-bond acceptors (Lipinski definition) is 2. The van der Waals surface area contributed by atoms with Crippen LogP contribution in [0, 0.1) is 0 Å². The van der Waals surface area contributed by atoms with Gasteiger partial charge in [-0.15, -0.1) is 0 Å². The lowest BCUT2D eigenvalue weighted by Crippen LogP contribution is -2.22. The molecule has 0 spiro atoms. The lowest BCUT2D eigenvalue weighted by atomic mass is 10.1. The van der Waals surface area contributed by atoms with Crippen molar-refractivity contribution in [3.05, 3.63) is 70.1 Å². The molecule has 1 amide bonds. The summed E-state index contributed by atoms with van der Waals surface area (Å²) in [4.78, 5) is 28.5. The molecule has 0 aliphatic rings. The number of carbonyl (C=O) groups is 1. The molecule has 0 bridgehead atoms. The molecule has 0 atom stereocenters. The molecule has 2 aromatic carbocycles. The summed E-state index contributed by atoms with van der Waals surface area (Å²) in [5.74, 6) is -0.0480. The van der Waals surface area contributed by atoms with Crippen LogP contribution in [0.15, 0.2) is 53.3 Å². The predicted molar refractivity (Wildman–Crippen MR) is 86.1 cm³/mol. The van der Waals surface area contributed by atoms with Gasteiger partial charge in [0.05, 0.1) is 17.6 Å². The number of carbonyl (C=O) groups excluding carboxylic acids is 1. The van der Waals surface area contributed by atoms with Crippen molar-refractivity contribution in [1.82, 2.24) is 14.5 Å². The number of H-pyrrole nitrogens is 1. The fourth-order valence-corrected chi connectivity index (χ4v) is 2.51. The van der Waals surface area contributed by atoms with E-state index >= 15 is 0 Å². The maximum atomic E-state index is 12.1. The summed E-state index contributed by atoms with van der Waals surface area (Å²) >= 11 is 0. The standard InChI is InChI=1S/C17H17N3O2/c1-19(2)16(21)13-7-5-6-12(10-13)11-20-15-9-4-3-8-14(15)18-17(20)22/h3-10H,11H2,1-2H3,(H,18,22). The highest BCUT2D eigenvalue weighted by molar-refractivity contribution is 5.94. The minimum atomic E-state index is -0.148. The number of benzene rings is 2. The summed E-state index contributed by atoms with van der Waals surface area (Å²) in [5.41, 5.74) is 3.06. The number of aromatic amines is 1. The molecule has 0 unspecified atom stereocenters. The number of amides is 1. The van der Waals surface area contributed by atoms with Crippen LogP contribution in [0.4, 0.5) is 0 Å². The van der Waals surface area contributed by atoms with Crippen LogP contribution >= 0.6 is 0 Å². The van der Waals surface area contributed by atoms with E-state index in [1.54, 1.807) is 24.7 Å².